The first-order valence-electron chi connectivity index (χ1n) is 9.55. The highest BCUT2D eigenvalue weighted by Gasteiger charge is 2.19. The molecule has 2 amide bonds. The summed E-state index contributed by atoms with van der Waals surface area (Å²) in [6, 6.07) is 13.5. The van der Waals surface area contributed by atoms with Gasteiger partial charge in [0.1, 0.15) is 6.54 Å². The Bertz CT molecular complexity index is 1060. The lowest BCUT2D eigenvalue weighted by Crippen LogP contribution is -2.21. The van der Waals surface area contributed by atoms with E-state index in [-0.39, 0.29) is 24.1 Å². The van der Waals surface area contributed by atoms with Gasteiger partial charge < -0.3 is 10.6 Å². The van der Waals surface area contributed by atoms with E-state index in [1.54, 1.807) is 6.92 Å². The molecule has 1 aromatic heterocycles. The molecule has 3 rings (SSSR count). The molecule has 0 aliphatic rings. The lowest BCUT2D eigenvalue weighted by atomic mass is 10.1. The summed E-state index contributed by atoms with van der Waals surface area (Å²) >= 11 is 0. The Balaban J connectivity index is 1.71. The minimum absolute atomic E-state index is 0.0228. The van der Waals surface area contributed by atoms with Crippen LogP contribution in [0.4, 0.5) is 11.4 Å². The van der Waals surface area contributed by atoms with E-state index in [1.807, 2.05) is 63.2 Å². The van der Waals surface area contributed by atoms with Crippen LogP contribution in [-0.2, 0) is 17.8 Å². The predicted molar refractivity (Wildman–Crippen MR) is 113 cm³/mol. The maximum absolute atomic E-state index is 12.6. The molecule has 150 valence electrons. The maximum Gasteiger partial charge on any atom is 0.278 e. The number of benzene rings is 2. The molecule has 0 bridgehead atoms. The summed E-state index contributed by atoms with van der Waals surface area (Å²) < 4.78 is 1.43. The van der Waals surface area contributed by atoms with Crippen LogP contribution < -0.4 is 10.6 Å². The van der Waals surface area contributed by atoms with E-state index in [0.717, 1.165) is 34.5 Å². The number of carbonyl (C=O) groups excluding carboxylic acids is 2. The number of para-hydroxylation sites is 1. The van der Waals surface area contributed by atoms with Crippen molar-refractivity contribution < 1.29 is 9.59 Å². The average Bonchev–Trinajstić information content (AvgIpc) is 3.05. The van der Waals surface area contributed by atoms with Crippen molar-refractivity contribution >= 4 is 23.2 Å². The Morgan fingerprint density at radius 3 is 2.52 bits per heavy atom. The molecule has 0 atom stereocenters. The van der Waals surface area contributed by atoms with Gasteiger partial charge in [-0.15, -0.1) is 5.10 Å². The van der Waals surface area contributed by atoms with Gasteiger partial charge in [0.15, 0.2) is 5.69 Å². The molecule has 7 heteroatoms. The fourth-order valence-corrected chi connectivity index (χ4v) is 3.05. The van der Waals surface area contributed by atoms with Crippen LogP contribution in [0, 0.1) is 20.8 Å². The molecule has 0 aliphatic carbocycles. The third-order valence-electron chi connectivity index (χ3n) is 4.80. The number of amides is 2. The van der Waals surface area contributed by atoms with Crippen LogP contribution in [-0.4, -0.2) is 26.8 Å². The van der Waals surface area contributed by atoms with Gasteiger partial charge in [0.2, 0.25) is 5.91 Å². The number of aromatic nitrogens is 3. The van der Waals surface area contributed by atoms with Crippen LogP contribution in [0.2, 0.25) is 0 Å². The van der Waals surface area contributed by atoms with Crippen molar-refractivity contribution in [2.45, 2.75) is 40.7 Å². The summed E-state index contributed by atoms with van der Waals surface area (Å²) in [5.74, 6) is -0.570. The number of hydrogen-bond donors (Lipinski definition) is 2. The zero-order valence-electron chi connectivity index (χ0n) is 17.1. The van der Waals surface area contributed by atoms with Gasteiger partial charge in [0, 0.05) is 11.4 Å². The van der Waals surface area contributed by atoms with Gasteiger partial charge in [0.25, 0.3) is 5.91 Å². The van der Waals surface area contributed by atoms with Gasteiger partial charge in [-0.2, -0.15) is 0 Å². The van der Waals surface area contributed by atoms with E-state index < -0.39 is 0 Å². The first kappa shape index (κ1) is 20.3. The Labute approximate surface area is 170 Å². The van der Waals surface area contributed by atoms with Gasteiger partial charge in [-0.05, 0) is 56.0 Å². The van der Waals surface area contributed by atoms with Crippen molar-refractivity contribution in [1.82, 2.24) is 15.0 Å². The number of rotatable bonds is 6. The Kier molecular flexibility index (Phi) is 6.07. The number of nitrogens with one attached hydrogen (secondary N) is 2. The highest BCUT2D eigenvalue weighted by molar-refractivity contribution is 6.04. The molecule has 0 saturated carbocycles. The largest absolute Gasteiger partial charge is 0.324 e. The molecule has 29 heavy (non-hydrogen) atoms. The van der Waals surface area contributed by atoms with Crippen LogP contribution >= 0.6 is 0 Å². The molecule has 7 nitrogen and oxygen atoms in total. The molecule has 2 aromatic carbocycles. The molecular formula is C22H25N5O2. The van der Waals surface area contributed by atoms with E-state index in [2.05, 4.69) is 20.9 Å². The van der Waals surface area contributed by atoms with E-state index >= 15 is 0 Å². The second-order valence-electron chi connectivity index (χ2n) is 7.01. The van der Waals surface area contributed by atoms with Crippen molar-refractivity contribution in [3.63, 3.8) is 0 Å². The Morgan fingerprint density at radius 1 is 1.00 bits per heavy atom. The number of carbonyl (C=O) groups is 2. The number of nitrogens with zero attached hydrogens (tertiary/aromatic N) is 3. The highest BCUT2D eigenvalue weighted by atomic mass is 16.2. The smallest absolute Gasteiger partial charge is 0.278 e. The molecule has 1 heterocycles. The second-order valence-corrected chi connectivity index (χ2v) is 7.01. The van der Waals surface area contributed by atoms with Gasteiger partial charge in [-0.3, -0.25) is 9.59 Å². The summed E-state index contributed by atoms with van der Waals surface area (Å²) in [5, 5.41) is 13.7. The van der Waals surface area contributed by atoms with E-state index in [1.165, 1.54) is 4.68 Å². The normalized spacial score (nSPS) is 10.6. The third-order valence-corrected chi connectivity index (χ3v) is 4.80. The van der Waals surface area contributed by atoms with Crippen LogP contribution in [0.5, 0.6) is 0 Å². The lowest BCUT2D eigenvalue weighted by molar-refractivity contribution is -0.117. The fraction of sp³-hybridized carbons (Fsp3) is 0.273. The molecule has 0 saturated heterocycles. The molecule has 0 unspecified atom stereocenters. The molecule has 0 fully saturated rings. The third kappa shape index (κ3) is 4.68. The van der Waals surface area contributed by atoms with E-state index in [9.17, 15) is 9.59 Å². The summed E-state index contributed by atoms with van der Waals surface area (Å²) in [6.45, 7) is 7.64. The van der Waals surface area contributed by atoms with Crippen molar-refractivity contribution in [1.29, 1.82) is 0 Å². The second kappa shape index (κ2) is 8.68. The van der Waals surface area contributed by atoms with E-state index in [0.29, 0.717) is 5.69 Å². The van der Waals surface area contributed by atoms with Crippen molar-refractivity contribution in [3.8, 4) is 0 Å². The topological polar surface area (TPSA) is 88.9 Å². The minimum atomic E-state index is -0.343. The molecule has 3 aromatic rings. The van der Waals surface area contributed by atoms with Crippen molar-refractivity contribution in [2.75, 3.05) is 10.6 Å². The molecule has 0 spiro atoms. The van der Waals surface area contributed by atoms with Gasteiger partial charge in [-0.1, -0.05) is 42.5 Å². The fourth-order valence-electron chi connectivity index (χ4n) is 3.05. The zero-order valence-corrected chi connectivity index (χ0v) is 17.1. The molecular weight excluding hydrogens is 366 g/mol. The SMILES string of the molecule is CCc1ccccc1NC(=O)c1nnn(CC(=O)Nc2cc(C)ccc2C)c1C. The summed E-state index contributed by atoms with van der Waals surface area (Å²) in [5.41, 5.74) is 5.34. The van der Waals surface area contributed by atoms with Crippen molar-refractivity contribution in [3.05, 3.63) is 70.5 Å². The number of aryl methyl sites for hydroxylation is 3. The van der Waals surface area contributed by atoms with Crippen molar-refractivity contribution in [2.24, 2.45) is 0 Å². The standard InChI is InChI=1S/C22H25N5O2/c1-5-17-8-6-7-9-18(17)24-22(29)21-16(4)27(26-25-21)13-20(28)23-19-12-14(2)10-11-15(19)3/h6-12H,5,13H2,1-4H3,(H,23,28)(H,24,29). The lowest BCUT2D eigenvalue weighted by Gasteiger charge is -2.10. The first-order chi connectivity index (χ1) is 13.9. The number of hydrogen-bond acceptors (Lipinski definition) is 4. The van der Waals surface area contributed by atoms with Crippen LogP contribution in [0.1, 0.15) is 39.8 Å². The Morgan fingerprint density at radius 2 is 1.76 bits per heavy atom. The maximum atomic E-state index is 12.6. The zero-order chi connectivity index (χ0) is 21.0. The average molecular weight is 391 g/mol. The molecule has 2 N–H and O–H groups in total. The minimum Gasteiger partial charge on any atom is -0.324 e. The highest BCUT2D eigenvalue weighted by Crippen LogP contribution is 2.18. The van der Waals surface area contributed by atoms with Gasteiger partial charge in [0.05, 0.1) is 5.69 Å². The first-order valence-corrected chi connectivity index (χ1v) is 9.55. The summed E-state index contributed by atoms with van der Waals surface area (Å²) in [7, 11) is 0. The summed E-state index contributed by atoms with van der Waals surface area (Å²) in [6.07, 6.45) is 0.806. The van der Waals surface area contributed by atoms with Crippen LogP contribution in [0.3, 0.4) is 0 Å². The predicted octanol–water partition coefficient (Wildman–Crippen LogP) is 3.66. The van der Waals surface area contributed by atoms with E-state index in [4.69, 9.17) is 0 Å². The van der Waals surface area contributed by atoms with Gasteiger partial charge >= 0.3 is 0 Å². The van der Waals surface area contributed by atoms with Gasteiger partial charge in [-0.25, -0.2) is 4.68 Å². The van der Waals surface area contributed by atoms with Crippen LogP contribution in [0.25, 0.3) is 0 Å². The number of anilines is 2. The quantitative estimate of drug-likeness (QED) is 0.671. The Hall–Kier alpha value is -3.48. The molecule has 0 aliphatic heterocycles. The summed E-state index contributed by atoms with van der Waals surface area (Å²) in [4.78, 5) is 25.1. The van der Waals surface area contributed by atoms with Crippen LogP contribution in [0.15, 0.2) is 42.5 Å². The monoisotopic (exact) mass is 391 g/mol. The molecule has 0 radical (unpaired) electrons.